The van der Waals surface area contributed by atoms with Crippen molar-refractivity contribution in [1.82, 2.24) is 4.98 Å². The highest BCUT2D eigenvalue weighted by atomic mass is 16.5. The van der Waals surface area contributed by atoms with Gasteiger partial charge >= 0.3 is 0 Å². The van der Waals surface area contributed by atoms with E-state index in [1.54, 1.807) is 6.20 Å². The van der Waals surface area contributed by atoms with Crippen molar-refractivity contribution >= 4 is 0 Å². The number of quaternary nitrogens is 1. The Balaban J connectivity index is 2.52. The lowest BCUT2D eigenvalue weighted by atomic mass is 9.92. The highest BCUT2D eigenvalue weighted by molar-refractivity contribution is 5.32. The van der Waals surface area contributed by atoms with Crippen LogP contribution in [0.15, 0.2) is 18.3 Å². The predicted octanol–water partition coefficient (Wildman–Crippen LogP) is 0.321. The number of nitrogens with zero attached hydrogens (tertiary/aromatic N) is 1. The lowest BCUT2D eigenvalue weighted by molar-refractivity contribution is -0.487. The molecule has 1 unspecified atom stereocenters. The standard InChI is InChI=1S/C9H12N2O/c1-9(10)4-6-12-7-3-2-5-11-8(7)9/h2-3,5H,4,6,10H2,1H3/p+1. The number of pyridine rings is 1. The minimum Gasteiger partial charge on any atom is -0.491 e. The Kier molecular flexibility index (Phi) is 1.54. The van der Waals surface area contributed by atoms with Gasteiger partial charge in [-0.3, -0.25) is 4.98 Å². The minimum atomic E-state index is -0.0746. The Morgan fingerprint density at radius 3 is 3.25 bits per heavy atom. The topological polar surface area (TPSA) is 49.8 Å². The van der Waals surface area contributed by atoms with Crippen molar-refractivity contribution in [2.45, 2.75) is 18.9 Å². The van der Waals surface area contributed by atoms with Crippen LogP contribution >= 0.6 is 0 Å². The van der Waals surface area contributed by atoms with E-state index in [4.69, 9.17) is 4.74 Å². The van der Waals surface area contributed by atoms with Crippen molar-refractivity contribution in [3.8, 4) is 5.75 Å². The smallest absolute Gasteiger partial charge is 0.147 e. The molecule has 1 aromatic heterocycles. The number of ether oxygens (including phenoxy) is 1. The monoisotopic (exact) mass is 165 g/mol. The molecule has 0 saturated carbocycles. The van der Waals surface area contributed by atoms with E-state index < -0.39 is 0 Å². The molecule has 1 aliphatic heterocycles. The Morgan fingerprint density at radius 2 is 2.50 bits per heavy atom. The van der Waals surface area contributed by atoms with Crippen LogP contribution in [0.3, 0.4) is 0 Å². The summed E-state index contributed by atoms with van der Waals surface area (Å²) in [6.07, 6.45) is 2.73. The fourth-order valence-electron chi connectivity index (χ4n) is 1.46. The van der Waals surface area contributed by atoms with Crippen molar-refractivity contribution in [3.05, 3.63) is 24.0 Å². The maximum atomic E-state index is 5.46. The largest absolute Gasteiger partial charge is 0.491 e. The third kappa shape index (κ3) is 1.06. The van der Waals surface area contributed by atoms with Crippen molar-refractivity contribution in [2.75, 3.05) is 6.61 Å². The molecule has 3 N–H and O–H groups in total. The van der Waals surface area contributed by atoms with Crippen LogP contribution < -0.4 is 10.5 Å². The predicted molar refractivity (Wildman–Crippen MR) is 44.6 cm³/mol. The first kappa shape index (κ1) is 7.55. The molecule has 0 aliphatic carbocycles. The van der Waals surface area contributed by atoms with Gasteiger partial charge in [-0.1, -0.05) is 0 Å². The van der Waals surface area contributed by atoms with Gasteiger partial charge in [-0.2, -0.15) is 0 Å². The molecular formula is C9H13N2O+. The second-order valence-electron chi connectivity index (χ2n) is 3.51. The maximum Gasteiger partial charge on any atom is 0.147 e. The second kappa shape index (κ2) is 2.45. The molecule has 0 bridgehead atoms. The van der Waals surface area contributed by atoms with Gasteiger partial charge in [-0.05, 0) is 19.1 Å². The Hall–Kier alpha value is -1.09. The summed E-state index contributed by atoms with van der Waals surface area (Å²) >= 11 is 0. The normalized spacial score (nSPS) is 27.5. The zero-order valence-electron chi connectivity index (χ0n) is 7.21. The van der Waals surface area contributed by atoms with E-state index in [0.29, 0.717) is 0 Å². The van der Waals surface area contributed by atoms with Crippen molar-refractivity contribution in [3.63, 3.8) is 0 Å². The van der Waals surface area contributed by atoms with Crippen LogP contribution in [-0.4, -0.2) is 11.6 Å². The van der Waals surface area contributed by atoms with Gasteiger partial charge in [-0.25, -0.2) is 0 Å². The van der Waals surface area contributed by atoms with E-state index >= 15 is 0 Å². The molecule has 2 rings (SSSR count). The molecule has 0 radical (unpaired) electrons. The molecule has 0 spiro atoms. The van der Waals surface area contributed by atoms with Crippen LogP contribution in [0.2, 0.25) is 0 Å². The Morgan fingerprint density at radius 1 is 1.67 bits per heavy atom. The first-order chi connectivity index (χ1) is 5.70. The molecule has 12 heavy (non-hydrogen) atoms. The number of rotatable bonds is 0. The lowest BCUT2D eigenvalue weighted by Crippen LogP contribution is -2.69. The molecule has 3 heteroatoms. The average Bonchev–Trinajstić information content (AvgIpc) is 2.04. The highest BCUT2D eigenvalue weighted by Gasteiger charge is 2.34. The van der Waals surface area contributed by atoms with Crippen LogP contribution in [-0.2, 0) is 5.54 Å². The molecule has 0 amide bonds. The number of fused-ring (bicyclic) bond motifs is 1. The van der Waals surface area contributed by atoms with E-state index in [1.165, 1.54) is 0 Å². The van der Waals surface area contributed by atoms with Crippen molar-refractivity contribution in [2.24, 2.45) is 0 Å². The fourth-order valence-corrected chi connectivity index (χ4v) is 1.46. The SMILES string of the molecule is CC1([NH3+])CCOc2cccnc21. The third-order valence-electron chi connectivity index (χ3n) is 2.25. The van der Waals surface area contributed by atoms with Crippen molar-refractivity contribution in [1.29, 1.82) is 0 Å². The molecule has 2 heterocycles. The fraction of sp³-hybridized carbons (Fsp3) is 0.444. The van der Waals surface area contributed by atoms with E-state index in [-0.39, 0.29) is 5.54 Å². The minimum absolute atomic E-state index is 0.0746. The summed E-state index contributed by atoms with van der Waals surface area (Å²) in [5, 5.41) is 0. The maximum absolute atomic E-state index is 5.46. The first-order valence-corrected chi connectivity index (χ1v) is 4.14. The molecule has 64 valence electrons. The highest BCUT2D eigenvalue weighted by Crippen LogP contribution is 2.30. The van der Waals surface area contributed by atoms with Gasteiger partial charge in [0.15, 0.2) is 0 Å². The quantitative estimate of drug-likeness (QED) is 0.602. The summed E-state index contributed by atoms with van der Waals surface area (Å²) in [6.45, 7) is 2.85. The van der Waals surface area contributed by atoms with Gasteiger partial charge in [0.2, 0.25) is 0 Å². The van der Waals surface area contributed by atoms with Gasteiger partial charge < -0.3 is 10.5 Å². The molecule has 0 saturated heterocycles. The van der Waals surface area contributed by atoms with Gasteiger partial charge in [0.1, 0.15) is 17.0 Å². The summed E-state index contributed by atoms with van der Waals surface area (Å²) in [7, 11) is 0. The number of aromatic nitrogens is 1. The van der Waals surface area contributed by atoms with Gasteiger partial charge in [0, 0.05) is 12.6 Å². The van der Waals surface area contributed by atoms with Crippen molar-refractivity contribution < 1.29 is 10.5 Å². The lowest BCUT2D eigenvalue weighted by Gasteiger charge is -2.27. The molecule has 0 fully saturated rings. The molecule has 3 nitrogen and oxygen atoms in total. The van der Waals surface area contributed by atoms with E-state index in [1.807, 2.05) is 12.1 Å². The van der Waals surface area contributed by atoms with Crippen LogP contribution in [0, 0.1) is 0 Å². The molecule has 1 atom stereocenters. The van der Waals surface area contributed by atoms with Crippen LogP contribution in [0.4, 0.5) is 0 Å². The second-order valence-corrected chi connectivity index (χ2v) is 3.51. The van der Waals surface area contributed by atoms with E-state index in [2.05, 4.69) is 17.6 Å². The zero-order valence-corrected chi connectivity index (χ0v) is 7.21. The summed E-state index contributed by atoms with van der Waals surface area (Å²) < 4.78 is 5.46. The van der Waals surface area contributed by atoms with Crippen LogP contribution in [0.25, 0.3) is 0 Å². The van der Waals surface area contributed by atoms with E-state index in [9.17, 15) is 0 Å². The molecule has 1 aliphatic rings. The average molecular weight is 165 g/mol. The first-order valence-electron chi connectivity index (χ1n) is 4.14. The molecular weight excluding hydrogens is 152 g/mol. The molecule has 1 aromatic rings. The molecule has 0 aromatic carbocycles. The van der Waals surface area contributed by atoms with Gasteiger partial charge in [0.05, 0.1) is 6.61 Å². The number of hydrogen-bond donors (Lipinski definition) is 1. The van der Waals surface area contributed by atoms with Gasteiger partial charge in [0.25, 0.3) is 0 Å². The summed E-state index contributed by atoms with van der Waals surface area (Å²) in [5.74, 6) is 0.890. The van der Waals surface area contributed by atoms with Gasteiger partial charge in [-0.15, -0.1) is 0 Å². The number of hydrogen-bond acceptors (Lipinski definition) is 2. The van der Waals surface area contributed by atoms with Crippen LogP contribution in [0.1, 0.15) is 19.0 Å². The Labute approximate surface area is 71.6 Å². The zero-order chi connectivity index (χ0) is 8.60. The van der Waals surface area contributed by atoms with E-state index in [0.717, 1.165) is 24.5 Å². The van der Waals surface area contributed by atoms with Crippen LogP contribution in [0.5, 0.6) is 5.75 Å². The summed E-state index contributed by atoms with van der Waals surface area (Å²) in [4.78, 5) is 4.28. The summed E-state index contributed by atoms with van der Waals surface area (Å²) in [5.41, 5.74) is 5.04. The summed E-state index contributed by atoms with van der Waals surface area (Å²) in [6, 6.07) is 3.84. The third-order valence-corrected chi connectivity index (χ3v) is 2.25. The Bertz CT molecular complexity index is 296.